The molecule has 0 aliphatic heterocycles. The van der Waals surface area contributed by atoms with Gasteiger partial charge in [-0.15, -0.1) is 0 Å². The van der Waals surface area contributed by atoms with E-state index < -0.39 is 16.9 Å². The summed E-state index contributed by atoms with van der Waals surface area (Å²) in [6.07, 6.45) is 0.644. The molecule has 0 N–H and O–H groups in total. The number of hydrogen-bond acceptors (Lipinski definition) is 3. The molecule has 3 nitrogen and oxygen atoms in total. The lowest BCUT2D eigenvalue weighted by atomic mass is 10.2. The monoisotopic (exact) mass is 278 g/mol. The molecule has 0 atom stereocenters. The largest absolute Gasteiger partial charge is 0.415 e. The van der Waals surface area contributed by atoms with Crippen LogP contribution in [0.2, 0.25) is 24.7 Å². The lowest BCUT2D eigenvalue weighted by molar-refractivity contribution is 0.160. The fraction of sp³-hybridized carbons (Fsp3) is 1.00. The molecular weight excluding hydrogens is 248 g/mol. The third-order valence-corrected chi connectivity index (χ3v) is 10.6. The van der Waals surface area contributed by atoms with Crippen molar-refractivity contribution in [1.29, 1.82) is 0 Å². The maximum absolute atomic E-state index is 6.21. The Morgan fingerprint density at radius 2 is 1.24 bits per heavy atom. The van der Waals surface area contributed by atoms with Crippen molar-refractivity contribution in [2.75, 3.05) is 19.4 Å². The van der Waals surface area contributed by atoms with Crippen molar-refractivity contribution in [3.63, 3.8) is 0 Å². The van der Waals surface area contributed by atoms with Crippen molar-refractivity contribution in [3.8, 4) is 0 Å². The zero-order valence-corrected chi connectivity index (χ0v) is 14.8. The Bertz CT molecular complexity index is 218. The highest BCUT2D eigenvalue weighted by Gasteiger charge is 2.41. The first-order valence-corrected chi connectivity index (χ1v) is 11.9. The summed E-state index contributed by atoms with van der Waals surface area (Å²) in [6, 6.07) is 0. The van der Waals surface area contributed by atoms with Crippen LogP contribution in [-0.2, 0) is 13.3 Å². The predicted octanol–water partition coefficient (Wildman–Crippen LogP) is 3.69. The van der Waals surface area contributed by atoms with Crippen LogP contribution in [0.3, 0.4) is 0 Å². The van der Waals surface area contributed by atoms with Gasteiger partial charge in [0.05, 0.1) is 6.23 Å². The fourth-order valence-electron chi connectivity index (χ4n) is 1.26. The summed E-state index contributed by atoms with van der Waals surface area (Å²) < 4.78 is 17.8. The summed E-state index contributed by atoms with van der Waals surface area (Å²) >= 11 is 0. The van der Waals surface area contributed by atoms with Gasteiger partial charge in [0.25, 0.3) is 0 Å². The van der Waals surface area contributed by atoms with Gasteiger partial charge in [-0.2, -0.15) is 0 Å². The first-order chi connectivity index (χ1) is 7.58. The predicted molar refractivity (Wildman–Crippen MR) is 78.0 cm³/mol. The van der Waals surface area contributed by atoms with E-state index in [1.807, 2.05) is 13.8 Å². The van der Waals surface area contributed by atoms with Crippen LogP contribution in [0.1, 0.15) is 34.6 Å². The molecule has 17 heavy (non-hydrogen) atoms. The molecule has 0 aliphatic rings. The Kier molecular flexibility index (Phi) is 6.59. The van der Waals surface area contributed by atoms with Gasteiger partial charge in [-0.25, -0.2) is 0 Å². The first kappa shape index (κ1) is 17.3. The molecule has 0 saturated carbocycles. The standard InChI is InChI=1S/C12H30O3Si2/c1-9-13-17(8,14-10-2)11-15-16(6,7)12(3,4)5/h9-11H2,1-8H3. The van der Waals surface area contributed by atoms with E-state index in [0.29, 0.717) is 19.4 Å². The van der Waals surface area contributed by atoms with Crippen LogP contribution in [0.25, 0.3) is 0 Å². The molecule has 0 amide bonds. The highest BCUT2D eigenvalue weighted by molar-refractivity contribution is 6.75. The van der Waals surface area contributed by atoms with E-state index in [-0.39, 0.29) is 5.04 Å². The number of hydrogen-bond donors (Lipinski definition) is 0. The molecular formula is C12H30O3Si2. The van der Waals surface area contributed by atoms with E-state index in [9.17, 15) is 0 Å². The summed E-state index contributed by atoms with van der Waals surface area (Å²) in [7, 11) is -3.82. The summed E-state index contributed by atoms with van der Waals surface area (Å²) in [5.41, 5.74) is 0. The minimum atomic E-state index is -2.13. The van der Waals surface area contributed by atoms with Crippen molar-refractivity contribution in [3.05, 3.63) is 0 Å². The summed E-state index contributed by atoms with van der Waals surface area (Å²) in [5.74, 6) is 0. The molecule has 0 aromatic carbocycles. The van der Waals surface area contributed by atoms with Gasteiger partial charge in [-0.05, 0) is 38.5 Å². The van der Waals surface area contributed by atoms with E-state index in [0.717, 1.165) is 0 Å². The summed E-state index contributed by atoms with van der Waals surface area (Å²) in [5, 5.41) is 0.237. The van der Waals surface area contributed by atoms with Crippen molar-refractivity contribution in [2.45, 2.75) is 59.3 Å². The summed E-state index contributed by atoms with van der Waals surface area (Å²) in [4.78, 5) is 0. The summed E-state index contributed by atoms with van der Waals surface area (Å²) in [6.45, 7) is 18.8. The smallest absolute Gasteiger partial charge is 0.360 e. The zero-order valence-electron chi connectivity index (χ0n) is 12.8. The van der Waals surface area contributed by atoms with Gasteiger partial charge in [0.15, 0.2) is 8.32 Å². The molecule has 0 saturated heterocycles. The Hall–Kier alpha value is 0.314. The minimum absolute atomic E-state index is 0.237. The van der Waals surface area contributed by atoms with E-state index in [4.69, 9.17) is 13.3 Å². The molecule has 104 valence electrons. The van der Waals surface area contributed by atoms with E-state index in [1.165, 1.54) is 0 Å². The average molecular weight is 279 g/mol. The zero-order chi connectivity index (χ0) is 13.7. The van der Waals surface area contributed by atoms with E-state index in [1.54, 1.807) is 0 Å². The molecule has 0 bridgehead atoms. The Morgan fingerprint density at radius 1 is 0.824 bits per heavy atom. The molecule has 0 spiro atoms. The van der Waals surface area contributed by atoms with Crippen molar-refractivity contribution in [1.82, 2.24) is 0 Å². The first-order valence-electron chi connectivity index (χ1n) is 6.50. The van der Waals surface area contributed by atoms with Gasteiger partial charge in [-0.3, -0.25) is 0 Å². The van der Waals surface area contributed by atoms with Crippen LogP contribution in [0, 0.1) is 0 Å². The Balaban J connectivity index is 4.50. The number of rotatable bonds is 7. The van der Waals surface area contributed by atoms with Crippen LogP contribution in [-0.4, -0.2) is 36.3 Å². The minimum Gasteiger partial charge on any atom is -0.415 e. The van der Waals surface area contributed by atoms with E-state index in [2.05, 4.69) is 40.4 Å². The second kappa shape index (κ2) is 6.47. The SMILES string of the molecule is CCO[Si](C)(CO[Si](C)(C)C(C)(C)C)OCC. The van der Waals surface area contributed by atoms with Gasteiger partial charge in [0.2, 0.25) is 0 Å². The van der Waals surface area contributed by atoms with Gasteiger partial charge in [0.1, 0.15) is 0 Å². The van der Waals surface area contributed by atoms with Crippen molar-refractivity contribution >= 4 is 16.9 Å². The molecule has 0 heterocycles. The van der Waals surface area contributed by atoms with Gasteiger partial charge < -0.3 is 13.3 Å². The van der Waals surface area contributed by atoms with Crippen LogP contribution in [0.4, 0.5) is 0 Å². The molecule has 0 unspecified atom stereocenters. The molecule has 0 aromatic rings. The Morgan fingerprint density at radius 3 is 1.53 bits per heavy atom. The quantitative estimate of drug-likeness (QED) is 0.665. The maximum atomic E-state index is 6.21. The topological polar surface area (TPSA) is 27.7 Å². The normalized spacial score (nSPS) is 14.1. The Labute approximate surface area is 109 Å². The average Bonchev–Trinajstić information content (AvgIpc) is 2.14. The second-order valence-electron chi connectivity index (χ2n) is 6.05. The second-order valence-corrected chi connectivity index (χ2v) is 14.0. The molecule has 0 radical (unpaired) electrons. The molecule has 0 aliphatic carbocycles. The molecule has 0 rings (SSSR count). The fourth-order valence-corrected chi connectivity index (χ4v) is 5.66. The highest BCUT2D eigenvalue weighted by atomic mass is 28.4. The van der Waals surface area contributed by atoms with Crippen LogP contribution in [0.5, 0.6) is 0 Å². The molecule has 0 aromatic heterocycles. The lowest BCUT2D eigenvalue weighted by Crippen LogP contribution is -2.50. The van der Waals surface area contributed by atoms with Gasteiger partial charge >= 0.3 is 8.56 Å². The third-order valence-electron chi connectivity index (χ3n) is 3.40. The van der Waals surface area contributed by atoms with Gasteiger partial charge in [-0.1, -0.05) is 20.8 Å². The van der Waals surface area contributed by atoms with E-state index >= 15 is 0 Å². The van der Waals surface area contributed by atoms with Gasteiger partial charge in [0, 0.05) is 13.2 Å². The van der Waals surface area contributed by atoms with Crippen molar-refractivity contribution in [2.24, 2.45) is 0 Å². The van der Waals surface area contributed by atoms with Crippen LogP contribution >= 0.6 is 0 Å². The third kappa shape index (κ3) is 5.65. The maximum Gasteiger partial charge on any atom is 0.360 e. The van der Waals surface area contributed by atoms with Crippen molar-refractivity contribution < 1.29 is 13.3 Å². The highest BCUT2D eigenvalue weighted by Crippen LogP contribution is 2.36. The molecule has 0 fully saturated rings. The molecule has 5 heteroatoms. The van der Waals surface area contributed by atoms with Crippen LogP contribution < -0.4 is 0 Å². The lowest BCUT2D eigenvalue weighted by Gasteiger charge is -2.38. The van der Waals surface area contributed by atoms with Crippen LogP contribution in [0.15, 0.2) is 0 Å².